The second-order valence-electron chi connectivity index (χ2n) is 2.62. The van der Waals surface area contributed by atoms with Gasteiger partial charge >= 0.3 is 11.8 Å². The Labute approximate surface area is 80.3 Å². The monoisotopic (exact) mass is 197 g/mol. The van der Waals surface area contributed by atoms with Gasteiger partial charge in [-0.25, -0.2) is 14.2 Å². The molecule has 6 heteroatoms. The Bertz CT molecular complexity index is 386. The normalized spacial score (nSPS) is 9.79. The van der Waals surface area contributed by atoms with Crippen molar-refractivity contribution in [2.45, 2.75) is 13.3 Å². The van der Waals surface area contributed by atoms with Crippen molar-refractivity contribution < 1.29 is 9.53 Å². The van der Waals surface area contributed by atoms with Crippen LogP contribution in [0.5, 0.6) is 0 Å². The fourth-order valence-electron chi connectivity index (χ4n) is 0.814. The van der Waals surface area contributed by atoms with Crippen molar-refractivity contribution in [1.29, 1.82) is 0 Å². The molecule has 0 aliphatic rings. The van der Waals surface area contributed by atoms with Crippen LogP contribution in [0.1, 0.15) is 13.3 Å². The highest BCUT2D eigenvalue weighted by Crippen LogP contribution is 1.92. The first kappa shape index (κ1) is 10.2. The summed E-state index contributed by atoms with van der Waals surface area (Å²) in [5, 5.41) is 0. The fraction of sp³-hybridized carbons (Fsp3) is 0.375. The SMILES string of the molecule is CCCOC(=O)n1ccc(N)nc1=O. The molecule has 0 bridgehead atoms. The van der Waals surface area contributed by atoms with Gasteiger partial charge in [0.15, 0.2) is 0 Å². The molecular weight excluding hydrogens is 186 g/mol. The Morgan fingerprint density at radius 2 is 2.43 bits per heavy atom. The molecule has 1 aromatic heterocycles. The zero-order valence-corrected chi connectivity index (χ0v) is 7.77. The van der Waals surface area contributed by atoms with E-state index in [-0.39, 0.29) is 12.4 Å². The smallest absolute Gasteiger partial charge is 0.422 e. The number of ether oxygens (including phenoxy) is 1. The van der Waals surface area contributed by atoms with Gasteiger partial charge in [0, 0.05) is 6.20 Å². The lowest BCUT2D eigenvalue weighted by Gasteiger charge is -2.03. The molecule has 0 aliphatic carbocycles. The number of nitrogens with two attached hydrogens (primary N) is 1. The molecule has 0 spiro atoms. The number of carbonyl (C=O) groups excluding carboxylic acids is 1. The first-order chi connectivity index (χ1) is 6.65. The van der Waals surface area contributed by atoms with Crippen LogP contribution in [-0.4, -0.2) is 22.3 Å². The molecule has 0 aliphatic heterocycles. The Kier molecular flexibility index (Phi) is 3.22. The quantitative estimate of drug-likeness (QED) is 0.732. The van der Waals surface area contributed by atoms with Crippen LogP contribution in [0.15, 0.2) is 17.1 Å². The minimum absolute atomic E-state index is 0.0783. The van der Waals surface area contributed by atoms with E-state index in [1.165, 1.54) is 12.3 Å². The molecular formula is C8H11N3O3. The number of anilines is 1. The molecule has 0 radical (unpaired) electrons. The first-order valence-electron chi connectivity index (χ1n) is 4.17. The van der Waals surface area contributed by atoms with E-state index >= 15 is 0 Å². The predicted molar refractivity (Wildman–Crippen MR) is 49.9 cm³/mol. The Morgan fingerprint density at radius 3 is 3.00 bits per heavy atom. The molecule has 1 heterocycles. The van der Waals surface area contributed by atoms with Gasteiger partial charge in [0.1, 0.15) is 5.82 Å². The van der Waals surface area contributed by atoms with Gasteiger partial charge in [-0.15, -0.1) is 0 Å². The van der Waals surface area contributed by atoms with Crippen molar-refractivity contribution in [2.75, 3.05) is 12.3 Å². The summed E-state index contributed by atoms with van der Waals surface area (Å²) in [6.07, 6.45) is 1.20. The lowest BCUT2D eigenvalue weighted by molar-refractivity contribution is 0.146. The summed E-state index contributed by atoms with van der Waals surface area (Å²) in [5.74, 6) is 0.0783. The average Bonchev–Trinajstić information content (AvgIpc) is 2.14. The molecule has 1 aromatic rings. The highest BCUT2D eigenvalue weighted by atomic mass is 16.5. The molecule has 6 nitrogen and oxygen atoms in total. The molecule has 14 heavy (non-hydrogen) atoms. The van der Waals surface area contributed by atoms with Gasteiger partial charge in [-0.2, -0.15) is 4.98 Å². The van der Waals surface area contributed by atoms with E-state index in [4.69, 9.17) is 10.5 Å². The summed E-state index contributed by atoms with van der Waals surface area (Å²) < 4.78 is 5.51. The molecule has 0 saturated carbocycles. The van der Waals surface area contributed by atoms with Crippen LogP contribution in [0.25, 0.3) is 0 Å². The van der Waals surface area contributed by atoms with Crippen molar-refractivity contribution >= 4 is 11.9 Å². The number of rotatable bonds is 2. The largest absolute Gasteiger partial charge is 0.449 e. The maximum Gasteiger partial charge on any atom is 0.422 e. The minimum Gasteiger partial charge on any atom is -0.449 e. The lowest BCUT2D eigenvalue weighted by atomic mass is 10.5. The molecule has 0 fully saturated rings. The highest BCUT2D eigenvalue weighted by molar-refractivity contribution is 5.70. The molecule has 76 valence electrons. The van der Waals surface area contributed by atoms with E-state index in [1.54, 1.807) is 0 Å². The fourth-order valence-corrected chi connectivity index (χ4v) is 0.814. The second-order valence-corrected chi connectivity index (χ2v) is 2.62. The number of carbonyl (C=O) groups is 1. The number of aromatic nitrogens is 2. The molecule has 0 saturated heterocycles. The van der Waals surface area contributed by atoms with Crippen LogP contribution in [0, 0.1) is 0 Å². The Hall–Kier alpha value is -1.85. The summed E-state index contributed by atoms with van der Waals surface area (Å²) in [5.41, 5.74) is 4.52. The van der Waals surface area contributed by atoms with Gasteiger partial charge in [0.05, 0.1) is 6.61 Å². The maximum atomic E-state index is 11.2. The molecule has 2 N–H and O–H groups in total. The van der Waals surface area contributed by atoms with E-state index < -0.39 is 11.8 Å². The van der Waals surface area contributed by atoms with E-state index in [2.05, 4.69) is 4.98 Å². The van der Waals surface area contributed by atoms with Crippen molar-refractivity contribution in [2.24, 2.45) is 0 Å². The second kappa shape index (κ2) is 4.40. The van der Waals surface area contributed by atoms with E-state index in [0.29, 0.717) is 6.42 Å². The molecule has 1 rings (SSSR count). The van der Waals surface area contributed by atoms with Crippen molar-refractivity contribution in [1.82, 2.24) is 9.55 Å². The Balaban J connectivity index is 2.85. The first-order valence-corrected chi connectivity index (χ1v) is 4.17. The summed E-state index contributed by atoms with van der Waals surface area (Å²) in [6.45, 7) is 2.13. The van der Waals surface area contributed by atoms with Crippen molar-refractivity contribution in [3.63, 3.8) is 0 Å². The predicted octanol–water partition coefficient (Wildman–Crippen LogP) is 0.220. The molecule has 0 aromatic carbocycles. The third-order valence-electron chi connectivity index (χ3n) is 1.45. The van der Waals surface area contributed by atoms with Gasteiger partial charge in [-0.05, 0) is 12.5 Å². The van der Waals surface area contributed by atoms with Crippen molar-refractivity contribution in [3.05, 3.63) is 22.7 Å². The summed E-state index contributed by atoms with van der Waals surface area (Å²) in [4.78, 5) is 25.7. The van der Waals surface area contributed by atoms with Crippen LogP contribution < -0.4 is 11.4 Å². The number of hydrogen-bond acceptors (Lipinski definition) is 5. The van der Waals surface area contributed by atoms with Crippen LogP contribution >= 0.6 is 0 Å². The highest BCUT2D eigenvalue weighted by Gasteiger charge is 2.07. The van der Waals surface area contributed by atoms with Crippen LogP contribution in [-0.2, 0) is 4.74 Å². The van der Waals surface area contributed by atoms with Crippen LogP contribution in [0.3, 0.4) is 0 Å². The van der Waals surface area contributed by atoms with Gasteiger partial charge in [0.25, 0.3) is 0 Å². The lowest BCUT2D eigenvalue weighted by Crippen LogP contribution is -2.29. The van der Waals surface area contributed by atoms with Gasteiger partial charge < -0.3 is 10.5 Å². The summed E-state index contributed by atoms with van der Waals surface area (Å²) in [6, 6.07) is 1.36. The van der Waals surface area contributed by atoms with Gasteiger partial charge in [-0.3, -0.25) is 0 Å². The van der Waals surface area contributed by atoms with Crippen molar-refractivity contribution in [3.8, 4) is 0 Å². The third-order valence-corrected chi connectivity index (χ3v) is 1.45. The molecule has 0 atom stereocenters. The topological polar surface area (TPSA) is 87.2 Å². The summed E-state index contributed by atoms with van der Waals surface area (Å²) >= 11 is 0. The van der Waals surface area contributed by atoms with Gasteiger partial charge in [0.2, 0.25) is 0 Å². The standard InChI is InChI=1S/C8H11N3O3/c1-2-5-14-8(13)11-4-3-6(9)10-7(11)12/h3-4H,2,5H2,1H3,(H2,9,10,12). The van der Waals surface area contributed by atoms with E-state index in [1.807, 2.05) is 6.92 Å². The van der Waals surface area contributed by atoms with Crippen LogP contribution in [0.4, 0.5) is 10.6 Å². The van der Waals surface area contributed by atoms with E-state index in [0.717, 1.165) is 4.57 Å². The Morgan fingerprint density at radius 1 is 1.71 bits per heavy atom. The minimum atomic E-state index is -0.732. The number of hydrogen-bond donors (Lipinski definition) is 1. The van der Waals surface area contributed by atoms with Crippen LogP contribution in [0.2, 0.25) is 0 Å². The van der Waals surface area contributed by atoms with Gasteiger partial charge in [-0.1, -0.05) is 6.92 Å². The molecule has 0 amide bonds. The summed E-state index contributed by atoms with van der Waals surface area (Å²) in [7, 11) is 0. The molecule has 0 unspecified atom stereocenters. The zero-order chi connectivity index (χ0) is 10.6. The average molecular weight is 197 g/mol. The van der Waals surface area contributed by atoms with E-state index in [9.17, 15) is 9.59 Å². The zero-order valence-electron chi connectivity index (χ0n) is 7.77. The number of nitrogen functional groups attached to an aromatic ring is 1. The number of nitrogens with zero attached hydrogens (tertiary/aromatic N) is 2. The maximum absolute atomic E-state index is 11.2. The third kappa shape index (κ3) is 2.32.